The summed E-state index contributed by atoms with van der Waals surface area (Å²) in [6.45, 7) is 11.2. The lowest BCUT2D eigenvalue weighted by molar-refractivity contribution is -0.165. The molecule has 0 aromatic heterocycles. The van der Waals surface area contributed by atoms with Gasteiger partial charge in [0.25, 0.3) is 8.32 Å². The number of ether oxygens (including phenoxy) is 3. The Hall–Kier alpha value is -3.85. The SMILES string of the molecule is COC(=O)[C@]12C(=O)C[C@](C)(CO[Si](c3ccccc3)(c3ccccc3)C(C)(C)C)[C@H]1CC1=C(C2=O)[C@@H](C)C[C@H]1OCc1ccc(OC)cc1. The van der Waals surface area contributed by atoms with E-state index in [9.17, 15) is 14.4 Å². The highest BCUT2D eigenvalue weighted by Crippen LogP contribution is 2.62. The molecule has 0 N–H and O–H groups in total. The zero-order valence-electron chi connectivity index (χ0n) is 29.7. The number of fused-ring (bicyclic) bond motifs is 1. The molecule has 1 fully saturated rings. The van der Waals surface area contributed by atoms with Crippen molar-refractivity contribution in [3.05, 3.63) is 102 Å². The lowest BCUT2D eigenvalue weighted by Crippen LogP contribution is -2.67. The molecule has 49 heavy (non-hydrogen) atoms. The largest absolute Gasteiger partial charge is 0.497 e. The van der Waals surface area contributed by atoms with E-state index in [0.717, 1.165) is 27.3 Å². The summed E-state index contributed by atoms with van der Waals surface area (Å²) >= 11 is 0. The maximum atomic E-state index is 14.7. The van der Waals surface area contributed by atoms with Crippen molar-refractivity contribution in [2.45, 2.75) is 71.6 Å². The van der Waals surface area contributed by atoms with Gasteiger partial charge in [-0.25, -0.2) is 0 Å². The van der Waals surface area contributed by atoms with E-state index < -0.39 is 36.8 Å². The van der Waals surface area contributed by atoms with Crippen molar-refractivity contribution in [3.63, 3.8) is 0 Å². The van der Waals surface area contributed by atoms with Gasteiger partial charge in [-0.3, -0.25) is 14.4 Å². The highest BCUT2D eigenvalue weighted by Gasteiger charge is 2.72. The predicted octanol–water partition coefficient (Wildman–Crippen LogP) is 6.22. The Balaban J connectivity index is 1.39. The van der Waals surface area contributed by atoms with E-state index in [2.05, 4.69) is 45.0 Å². The van der Waals surface area contributed by atoms with Crippen LogP contribution in [-0.2, 0) is 34.9 Å². The summed E-state index contributed by atoms with van der Waals surface area (Å²) in [5.41, 5.74) is -0.253. The monoisotopic (exact) mass is 680 g/mol. The summed E-state index contributed by atoms with van der Waals surface area (Å²) in [7, 11) is -0.0816. The van der Waals surface area contributed by atoms with E-state index in [1.807, 2.05) is 74.5 Å². The molecule has 6 rings (SSSR count). The third kappa shape index (κ3) is 5.62. The minimum atomic E-state index is -2.99. The standard InChI is InChI=1S/C41H48O7Si/c1-27-22-33(47-25-28-18-20-29(45-6)21-19-28)32-23-34-40(5,24-35(42)41(34,38(44)46-7)37(43)36(27)32)26-48-49(39(2,3)4,30-14-10-8-11-15-30)31-16-12-9-13-17-31/h8-21,27,33-34H,22-26H2,1-7H3/t27-,33+,34+,40+,41-/m0/s1. The van der Waals surface area contributed by atoms with Gasteiger partial charge >= 0.3 is 5.97 Å². The number of allylic oxidation sites excluding steroid dienone is 1. The second-order valence-corrected chi connectivity index (χ2v) is 19.6. The molecule has 0 unspecified atom stereocenters. The van der Waals surface area contributed by atoms with E-state index >= 15 is 0 Å². The highest BCUT2D eigenvalue weighted by molar-refractivity contribution is 6.99. The Morgan fingerprint density at radius 1 is 0.898 bits per heavy atom. The average Bonchev–Trinajstić information content (AvgIpc) is 3.54. The number of benzene rings is 3. The van der Waals surface area contributed by atoms with Crippen LogP contribution in [0, 0.1) is 22.7 Å². The van der Waals surface area contributed by atoms with Crippen molar-refractivity contribution in [1.82, 2.24) is 0 Å². The lowest BCUT2D eigenvalue weighted by atomic mass is 9.59. The Kier molecular flexibility index (Phi) is 9.37. The van der Waals surface area contributed by atoms with Gasteiger partial charge in [0, 0.05) is 29.9 Å². The Morgan fingerprint density at radius 2 is 1.49 bits per heavy atom. The summed E-state index contributed by atoms with van der Waals surface area (Å²) in [6, 6.07) is 28.5. The molecule has 0 saturated heterocycles. The number of carbonyl (C=O) groups is 3. The van der Waals surface area contributed by atoms with E-state index in [0.29, 0.717) is 25.0 Å². The first-order chi connectivity index (χ1) is 23.3. The van der Waals surface area contributed by atoms with Crippen molar-refractivity contribution < 1.29 is 33.0 Å². The molecule has 8 heteroatoms. The quantitative estimate of drug-likeness (QED) is 0.143. The fraction of sp³-hybridized carbons (Fsp3) is 0.439. The molecule has 0 radical (unpaired) electrons. The van der Waals surface area contributed by atoms with Gasteiger partial charge in [0.1, 0.15) is 5.75 Å². The summed E-state index contributed by atoms with van der Waals surface area (Å²) in [5.74, 6) is -1.56. The molecule has 1 saturated carbocycles. The van der Waals surface area contributed by atoms with Crippen LogP contribution < -0.4 is 15.1 Å². The number of esters is 1. The van der Waals surface area contributed by atoms with Crippen LogP contribution in [0.2, 0.25) is 5.04 Å². The van der Waals surface area contributed by atoms with Crippen LogP contribution in [0.4, 0.5) is 0 Å². The summed E-state index contributed by atoms with van der Waals surface area (Å²) < 4.78 is 24.5. The molecule has 0 spiro atoms. The van der Waals surface area contributed by atoms with E-state index in [1.165, 1.54) is 7.11 Å². The molecule has 258 valence electrons. The molecule has 0 amide bonds. The van der Waals surface area contributed by atoms with Crippen LogP contribution in [-0.4, -0.2) is 52.8 Å². The van der Waals surface area contributed by atoms with Crippen molar-refractivity contribution >= 4 is 36.2 Å². The van der Waals surface area contributed by atoms with Crippen molar-refractivity contribution in [2.75, 3.05) is 20.8 Å². The fourth-order valence-corrected chi connectivity index (χ4v) is 13.6. The molecule has 5 atom stereocenters. The number of hydrogen-bond acceptors (Lipinski definition) is 7. The summed E-state index contributed by atoms with van der Waals surface area (Å²) in [4.78, 5) is 42.9. The van der Waals surface area contributed by atoms with Crippen LogP contribution in [0.3, 0.4) is 0 Å². The van der Waals surface area contributed by atoms with Crippen LogP contribution in [0.5, 0.6) is 5.75 Å². The molecular weight excluding hydrogens is 633 g/mol. The van der Waals surface area contributed by atoms with Gasteiger partial charge < -0.3 is 18.6 Å². The van der Waals surface area contributed by atoms with Crippen LogP contribution >= 0.6 is 0 Å². The van der Waals surface area contributed by atoms with Gasteiger partial charge in [-0.2, -0.15) is 0 Å². The van der Waals surface area contributed by atoms with Gasteiger partial charge in [0.15, 0.2) is 17.0 Å². The zero-order chi connectivity index (χ0) is 35.2. The number of ketones is 2. The van der Waals surface area contributed by atoms with Crippen LogP contribution in [0.15, 0.2) is 96.1 Å². The molecular formula is C41H48O7Si. The van der Waals surface area contributed by atoms with Crippen LogP contribution in [0.25, 0.3) is 0 Å². The van der Waals surface area contributed by atoms with E-state index in [-0.39, 0.29) is 35.9 Å². The topological polar surface area (TPSA) is 88.1 Å². The van der Waals surface area contributed by atoms with Gasteiger partial charge in [-0.05, 0) is 57.4 Å². The lowest BCUT2D eigenvalue weighted by Gasteiger charge is -2.47. The van der Waals surface area contributed by atoms with E-state index in [1.54, 1.807) is 7.11 Å². The molecule has 0 bridgehead atoms. The predicted molar refractivity (Wildman–Crippen MR) is 191 cm³/mol. The minimum Gasteiger partial charge on any atom is -0.497 e. The smallest absolute Gasteiger partial charge is 0.327 e. The van der Waals surface area contributed by atoms with Gasteiger partial charge in [-0.15, -0.1) is 0 Å². The fourth-order valence-electron chi connectivity index (χ4n) is 8.93. The number of Topliss-reactive ketones (excluding diaryl/α,β-unsaturated/α-hetero) is 2. The normalized spacial score (nSPS) is 26.8. The number of methoxy groups -OCH3 is 2. The Bertz CT molecular complexity index is 1700. The highest BCUT2D eigenvalue weighted by atomic mass is 28.4. The second kappa shape index (κ2) is 13.1. The maximum Gasteiger partial charge on any atom is 0.327 e. The zero-order valence-corrected chi connectivity index (χ0v) is 30.7. The van der Waals surface area contributed by atoms with E-state index in [4.69, 9.17) is 18.6 Å². The molecule has 7 nitrogen and oxygen atoms in total. The average molecular weight is 681 g/mol. The number of carbonyl (C=O) groups excluding carboxylic acids is 3. The molecule has 0 aliphatic heterocycles. The van der Waals surface area contributed by atoms with Gasteiger partial charge in [0.2, 0.25) is 0 Å². The van der Waals surface area contributed by atoms with Gasteiger partial charge in [-0.1, -0.05) is 107 Å². The Labute approximate surface area is 291 Å². The third-order valence-corrected chi connectivity index (χ3v) is 16.3. The maximum absolute atomic E-state index is 14.7. The van der Waals surface area contributed by atoms with Crippen LogP contribution in [0.1, 0.15) is 59.4 Å². The third-order valence-electron chi connectivity index (χ3n) is 11.3. The molecule has 3 aliphatic rings. The molecule has 0 heterocycles. The molecule has 3 aromatic rings. The summed E-state index contributed by atoms with van der Waals surface area (Å²) in [5, 5.41) is 1.97. The molecule has 3 aliphatic carbocycles. The first-order valence-corrected chi connectivity index (χ1v) is 19.1. The second-order valence-electron chi connectivity index (χ2n) is 15.3. The number of hydrogen-bond donors (Lipinski definition) is 0. The molecule has 3 aromatic carbocycles. The number of rotatable bonds is 10. The van der Waals surface area contributed by atoms with Crippen molar-refractivity contribution in [2.24, 2.45) is 22.7 Å². The first-order valence-electron chi connectivity index (χ1n) is 17.2. The van der Waals surface area contributed by atoms with Crippen molar-refractivity contribution in [1.29, 1.82) is 0 Å². The minimum absolute atomic E-state index is 0.0447. The first kappa shape index (κ1) is 35.0. The van der Waals surface area contributed by atoms with Crippen molar-refractivity contribution in [3.8, 4) is 5.75 Å². The van der Waals surface area contributed by atoms with Gasteiger partial charge in [0.05, 0.1) is 26.9 Å². The Morgan fingerprint density at radius 3 is 2.02 bits per heavy atom. The summed E-state index contributed by atoms with van der Waals surface area (Å²) in [6.07, 6.45) is 0.743.